The van der Waals surface area contributed by atoms with Gasteiger partial charge in [0, 0.05) is 32.5 Å². The van der Waals surface area contributed by atoms with Gasteiger partial charge in [-0.1, -0.05) is 108 Å². The van der Waals surface area contributed by atoms with Gasteiger partial charge >= 0.3 is 0 Å². The molecule has 0 amide bonds. The van der Waals surface area contributed by atoms with Crippen LogP contribution in [0.5, 0.6) is 0 Å². The summed E-state index contributed by atoms with van der Waals surface area (Å²) >= 11 is 0. The van der Waals surface area contributed by atoms with Crippen LogP contribution in [0.15, 0.2) is 109 Å². The molecule has 0 spiro atoms. The van der Waals surface area contributed by atoms with Gasteiger partial charge in [0.15, 0.2) is 0 Å². The molecule has 1 radical (unpaired) electrons. The molecule has 0 aliphatic rings. The van der Waals surface area contributed by atoms with Gasteiger partial charge in [0.25, 0.3) is 0 Å². The molecule has 2 heterocycles. The smallest absolute Gasteiger partial charge is 0.0795 e. The molecule has 0 fully saturated rings. The van der Waals surface area contributed by atoms with E-state index < -0.39 is 8.07 Å². The predicted octanol–water partition coefficient (Wildman–Crippen LogP) is 9.55. The van der Waals surface area contributed by atoms with Crippen LogP contribution in [0, 0.1) is 17.5 Å². The van der Waals surface area contributed by atoms with Crippen LogP contribution in [0.25, 0.3) is 22.5 Å². The first kappa shape index (κ1) is 34.3. The minimum atomic E-state index is -1.30. The van der Waals surface area contributed by atoms with Crippen LogP contribution in [-0.2, 0) is 31.9 Å². The first-order valence-corrected chi connectivity index (χ1v) is 18.3. The molecule has 0 aliphatic carbocycles. The number of benzene rings is 3. The van der Waals surface area contributed by atoms with E-state index in [4.69, 9.17) is 0 Å². The molecule has 4 heteroatoms. The molecule has 225 valence electrons. The van der Waals surface area contributed by atoms with E-state index in [2.05, 4.69) is 149 Å². The summed E-state index contributed by atoms with van der Waals surface area (Å²) in [6.07, 6.45) is 4.99. The van der Waals surface area contributed by atoms with Crippen LogP contribution in [-0.4, -0.2) is 18.0 Å². The van der Waals surface area contributed by atoms with E-state index >= 15 is 0 Å². The maximum absolute atomic E-state index is 4.67. The van der Waals surface area contributed by atoms with Crippen molar-refractivity contribution in [3.63, 3.8) is 0 Å². The van der Waals surface area contributed by atoms with Gasteiger partial charge in [0.1, 0.15) is 0 Å². The van der Waals surface area contributed by atoms with Crippen LogP contribution < -0.4 is 5.19 Å². The van der Waals surface area contributed by atoms with Gasteiger partial charge in [0.05, 0.1) is 8.07 Å². The third-order valence-electron chi connectivity index (χ3n) is 7.48. The molecule has 0 atom stereocenters. The zero-order valence-corrected chi connectivity index (χ0v) is 30.2. The predicted molar refractivity (Wildman–Crippen MR) is 182 cm³/mol. The largest absolute Gasteiger partial charge is 0.305 e. The van der Waals surface area contributed by atoms with Crippen molar-refractivity contribution < 1.29 is 20.1 Å². The fourth-order valence-electron chi connectivity index (χ4n) is 4.89. The average Bonchev–Trinajstić information content (AvgIpc) is 2.97. The first-order valence-electron chi connectivity index (χ1n) is 14.8. The molecule has 5 aromatic rings. The Morgan fingerprint density at radius 2 is 1.37 bits per heavy atom. The van der Waals surface area contributed by atoms with Gasteiger partial charge < -0.3 is 9.97 Å². The summed E-state index contributed by atoms with van der Waals surface area (Å²) in [5.74, 6) is 0. The second-order valence-corrected chi connectivity index (χ2v) is 18.8. The van der Waals surface area contributed by atoms with Crippen LogP contribution in [0.2, 0.25) is 19.6 Å². The van der Waals surface area contributed by atoms with Gasteiger partial charge in [-0.15, -0.1) is 71.3 Å². The summed E-state index contributed by atoms with van der Waals surface area (Å²) in [4.78, 5) is 9.08. The van der Waals surface area contributed by atoms with Gasteiger partial charge in [-0.3, -0.25) is 0 Å². The Hall–Kier alpha value is -3.17. The van der Waals surface area contributed by atoms with Crippen molar-refractivity contribution in [3.8, 4) is 22.5 Å². The van der Waals surface area contributed by atoms with Crippen LogP contribution in [0.1, 0.15) is 51.3 Å². The fraction of sp³-hybridized carbons (Fsp3) is 0.282. The van der Waals surface area contributed by atoms with Gasteiger partial charge in [0.2, 0.25) is 0 Å². The quantitative estimate of drug-likeness (QED) is 0.127. The summed E-state index contributed by atoms with van der Waals surface area (Å²) in [5, 5.41) is 1.39. The van der Waals surface area contributed by atoms with E-state index in [1.54, 1.807) is 0 Å². The van der Waals surface area contributed by atoms with Crippen molar-refractivity contribution in [2.45, 2.75) is 66.1 Å². The molecular formula is C39H44IrN2Si-2. The number of nitrogens with zero attached hydrogens (tertiary/aromatic N) is 2. The SMILES string of the molecule is CC(C)(C)Cc1ccnc(-c2[c-]cccc2)c1.CC(C)(c1c[c-]c(-c2ccc([Si](C)(C)C)cn2)cc1)c1ccccc1.[Ir]. The number of hydrogen-bond acceptors (Lipinski definition) is 2. The minimum absolute atomic E-state index is 0. The van der Waals surface area contributed by atoms with E-state index in [1.807, 2.05) is 36.7 Å². The van der Waals surface area contributed by atoms with E-state index in [1.165, 1.54) is 21.9 Å². The zero-order chi connectivity index (χ0) is 30.4. The van der Waals surface area contributed by atoms with E-state index in [9.17, 15) is 0 Å². The number of rotatable bonds is 6. The maximum Gasteiger partial charge on any atom is 0.0795 e. The third-order valence-corrected chi connectivity index (χ3v) is 9.51. The molecule has 0 N–H and O–H groups in total. The fourth-order valence-corrected chi connectivity index (χ4v) is 5.92. The molecule has 0 bridgehead atoms. The molecule has 43 heavy (non-hydrogen) atoms. The Bertz CT molecular complexity index is 1550. The number of pyridine rings is 2. The van der Waals surface area contributed by atoms with Crippen molar-refractivity contribution in [1.29, 1.82) is 0 Å². The monoisotopic (exact) mass is 761 g/mol. The standard InChI is InChI=1S/C23H26NSi.C16H18N.Ir/c1-23(2,19-9-7-6-8-10-19)20-13-11-18(12-14-20)22-16-15-21(17-24-22)25(3,4)5;1-16(2,3)12-13-9-10-17-15(11-13)14-7-5-4-6-8-14;/h6-11,13-17H,1-5H3;4-7,9-11H,12H2,1-3H3;/q2*-1;. The van der Waals surface area contributed by atoms with E-state index in [-0.39, 0.29) is 25.5 Å². The van der Waals surface area contributed by atoms with Crippen LogP contribution >= 0.6 is 0 Å². The zero-order valence-electron chi connectivity index (χ0n) is 26.8. The van der Waals surface area contributed by atoms with E-state index in [0.717, 1.165) is 28.9 Å². The first-order chi connectivity index (χ1) is 19.8. The number of hydrogen-bond donors (Lipinski definition) is 0. The van der Waals surface area contributed by atoms with E-state index in [0.29, 0.717) is 5.41 Å². The van der Waals surface area contributed by atoms with Crippen molar-refractivity contribution in [3.05, 3.63) is 138 Å². The minimum Gasteiger partial charge on any atom is -0.305 e. The Balaban J connectivity index is 0.000000247. The van der Waals surface area contributed by atoms with Crippen molar-refractivity contribution in [1.82, 2.24) is 9.97 Å². The molecule has 5 rings (SSSR count). The maximum atomic E-state index is 4.67. The second-order valence-electron chi connectivity index (χ2n) is 13.7. The van der Waals surface area contributed by atoms with Gasteiger partial charge in [-0.2, -0.15) is 0 Å². The Morgan fingerprint density at radius 3 is 1.93 bits per heavy atom. The molecule has 0 aliphatic heterocycles. The topological polar surface area (TPSA) is 25.8 Å². The Morgan fingerprint density at radius 1 is 0.674 bits per heavy atom. The molecule has 0 unspecified atom stereocenters. The summed E-state index contributed by atoms with van der Waals surface area (Å²) in [6, 6.07) is 40.3. The third kappa shape index (κ3) is 9.66. The molecule has 2 aromatic heterocycles. The second kappa shape index (κ2) is 14.5. The normalized spacial score (nSPS) is 11.6. The Kier molecular flexibility index (Phi) is 11.6. The Labute approximate surface area is 274 Å². The molecule has 0 saturated heterocycles. The summed E-state index contributed by atoms with van der Waals surface area (Å²) in [5.41, 5.74) is 8.29. The molecule has 3 aromatic carbocycles. The van der Waals surface area contributed by atoms with Gasteiger partial charge in [-0.05, 0) is 45.5 Å². The number of aromatic nitrogens is 2. The molecular weight excluding hydrogens is 717 g/mol. The van der Waals surface area contributed by atoms with Crippen molar-refractivity contribution >= 4 is 13.3 Å². The van der Waals surface area contributed by atoms with Gasteiger partial charge in [-0.25, -0.2) is 0 Å². The van der Waals surface area contributed by atoms with Crippen LogP contribution in [0.3, 0.4) is 0 Å². The van der Waals surface area contributed by atoms with Crippen LogP contribution in [0.4, 0.5) is 0 Å². The van der Waals surface area contributed by atoms with Crippen molar-refractivity contribution in [2.24, 2.45) is 5.41 Å². The summed E-state index contributed by atoms with van der Waals surface area (Å²) < 4.78 is 0. The molecule has 0 saturated carbocycles. The summed E-state index contributed by atoms with van der Waals surface area (Å²) in [6.45, 7) is 18.3. The summed E-state index contributed by atoms with van der Waals surface area (Å²) in [7, 11) is -1.30. The molecule has 2 nitrogen and oxygen atoms in total. The average molecular weight is 761 g/mol. The van der Waals surface area contributed by atoms with Crippen molar-refractivity contribution in [2.75, 3.05) is 0 Å².